The Morgan fingerprint density at radius 2 is 2.24 bits per heavy atom. The van der Waals surface area contributed by atoms with Gasteiger partial charge in [0.2, 0.25) is 0 Å². The third-order valence-corrected chi connectivity index (χ3v) is 2.91. The summed E-state index contributed by atoms with van der Waals surface area (Å²) in [5.41, 5.74) is 1.21. The predicted octanol–water partition coefficient (Wildman–Crippen LogP) is 2.21. The van der Waals surface area contributed by atoms with E-state index in [1.54, 1.807) is 13.8 Å². The van der Waals surface area contributed by atoms with Gasteiger partial charge < -0.3 is 14.6 Å². The van der Waals surface area contributed by atoms with E-state index in [1.165, 1.54) is 0 Å². The molecule has 0 saturated heterocycles. The molecule has 0 saturated carbocycles. The second-order valence-electron chi connectivity index (χ2n) is 4.92. The largest absolute Gasteiger partial charge is 0.481 e. The molecule has 92 valence electrons. The van der Waals surface area contributed by atoms with Crippen molar-refractivity contribution in [1.82, 2.24) is 0 Å². The Hall–Kier alpha value is -1.55. The molecule has 1 heterocycles. The molecular formula is C13H16O4. The first-order chi connectivity index (χ1) is 7.99. The molecule has 2 rings (SSSR count). The van der Waals surface area contributed by atoms with Crippen LogP contribution in [0.3, 0.4) is 0 Å². The maximum Gasteiger partial charge on any atom is 0.309 e. The maximum absolute atomic E-state index is 11.1. The average Bonchev–Trinajstić information content (AvgIpc) is 2.28. The second-order valence-corrected chi connectivity index (χ2v) is 4.92. The molecule has 0 amide bonds. The van der Waals surface area contributed by atoms with Crippen molar-refractivity contribution in [2.24, 2.45) is 5.41 Å². The molecule has 0 unspecified atom stereocenters. The van der Waals surface area contributed by atoms with Crippen LogP contribution < -0.4 is 4.74 Å². The molecule has 0 aliphatic carbocycles. The number of carboxylic acids is 1. The lowest BCUT2D eigenvalue weighted by atomic mass is 9.85. The van der Waals surface area contributed by atoms with Crippen molar-refractivity contribution >= 4 is 5.97 Å². The molecule has 0 fully saturated rings. The fraction of sp³-hybridized carbons (Fsp3) is 0.462. The van der Waals surface area contributed by atoms with Gasteiger partial charge in [0.05, 0.1) is 12.0 Å². The lowest BCUT2D eigenvalue weighted by molar-refractivity contribution is -0.146. The van der Waals surface area contributed by atoms with E-state index in [-0.39, 0.29) is 6.79 Å². The van der Waals surface area contributed by atoms with Crippen LogP contribution in [0.4, 0.5) is 0 Å². The van der Waals surface area contributed by atoms with Crippen LogP contribution in [0.25, 0.3) is 0 Å². The van der Waals surface area contributed by atoms with Gasteiger partial charge in [0.1, 0.15) is 5.75 Å². The second kappa shape index (κ2) is 4.37. The summed E-state index contributed by atoms with van der Waals surface area (Å²) in [5.74, 6) is 0.0378. The molecule has 1 N–H and O–H groups in total. The van der Waals surface area contributed by atoms with Crippen LogP contribution in [-0.4, -0.2) is 17.9 Å². The first-order valence-electron chi connectivity index (χ1n) is 5.55. The number of carbonyl (C=O) groups is 1. The van der Waals surface area contributed by atoms with E-state index in [1.807, 2.05) is 18.2 Å². The summed E-state index contributed by atoms with van der Waals surface area (Å²) in [7, 11) is 0. The lowest BCUT2D eigenvalue weighted by Crippen LogP contribution is -2.26. The van der Waals surface area contributed by atoms with E-state index in [0.717, 1.165) is 16.9 Å². The van der Waals surface area contributed by atoms with Crippen molar-refractivity contribution in [2.75, 3.05) is 6.79 Å². The van der Waals surface area contributed by atoms with E-state index in [4.69, 9.17) is 14.6 Å². The molecule has 4 heteroatoms. The van der Waals surface area contributed by atoms with Gasteiger partial charge in [0.15, 0.2) is 6.79 Å². The van der Waals surface area contributed by atoms with E-state index < -0.39 is 11.4 Å². The predicted molar refractivity (Wildman–Crippen MR) is 61.8 cm³/mol. The summed E-state index contributed by atoms with van der Waals surface area (Å²) in [6.45, 7) is 4.26. The average molecular weight is 236 g/mol. The number of benzene rings is 1. The zero-order valence-electron chi connectivity index (χ0n) is 10.0. The monoisotopic (exact) mass is 236 g/mol. The van der Waals surface area contributed by atoms with Crippen molar-refractivity contribution in [1.29, 1.82) is 0 Å². The van der Waals surface area contributed by atoms with E-state index in [2.05, 4.69) is 0 Å². The van der Waals surface area contributed by atoms with Gasteiger partial charge in [-0.25, -0.2) is 0 Å². The van der Waals surface area contributed by atoms with Gasteiger partial charge in [0.25, 0.3) is 0 Å². The topological polar surface area (TPSA) is 55.8 Å². The summed E-state index contributed by atoms with van der Waals surface area (Å²) in [6, 6.07) is 5.75. The lowest BCUT2D eigenvalue weighted by Gasteiger charge is -2.22. The van der Waals surface area contributed by atoms with Gasteiger partial charge in [-0.15, -0.1) is 0 Å². The number of rotatable bonds is 3. The first kappa shape index (κ1) is 11.9. The first-order valence-corrected chi connectivity index (χ1v) is 5.55. The molecule has 0 spiro atoms. The molecule has 17 heavy (non-hydrogen) atoms. The van der Waals surface area contributed by atoms with E-state index in [0.29, 0.717) is 13.0 Å². The van der Waals surface area contributed by atoms with Gasteiger partial charge >= 0.3 is 5.97 Å². The molecule has 1 aliphatic rings. The van der Waals surface area contributed by atoms with Crippen LogP contribution in [0.15, 0.2) is 18.2 Å². The van der Waals surface area contributed by atoms with Crippen molar-refractivity contribution in [3.05, 3.63) is 29.3 Å². The molecule has 0 bridgehead atoms. The highest BCUT2D eigenvalue weighted by Crippen LogP contribution is 2.28. The van der Waals surface area contributed by atoms with Crippen LogP contribution in [0, 0.1) is 5.41 Å². The minimum absolute atomic E-state index is 0.285. The van der Waals surface area contributed by atoms with Crippen molar-refractivity contribution in [3.8, 4) is 5.75 Å². The third kappa shape index (κ3) is 2.58. The quantitative estimate of drug-likeness (QED) is 0.874. The Bertz CT molecular complexity index is 437. The summed E-state index contributed by atoms with van der Waals surface area (Å²) in [6.07, 6.45) is 0.496. The van der Waals surface area contributed by atoms with Gasteiger partial charge in [0, 0.05) is 5.56 Å². The molecular weight excluding hydrogens is 220 g/mol. The maximum atomic E-state index is 11.1. The van der Waals surface area contributed by atoms with Crippen LogP contribution in [-0.2, 0) is 22.6 Å². The van der Waals surface area contributed by atoms with Gasteiger partial charge in [-0.05, 0) is 38.0 Å². The fourth-order valence-corrected chi connectivity index (χ4v) is 1.84. The zero-order chi connectivity index (χ0) is 12.5. The standard InChI is InChI=1S/C13H16O4/c1-13(2,12(14)15)6-9-3-4-11-10(5-9)7-16-8-17-11/h3-5H,6-8H2,1-2H3,(H,14,15). The zero-order valence-corrected chi connectivity index (χ0v) is 10.0. The highest BCUT2D eigenvalue weighted by molar-refractivity contribution is 5.74. The number of ether oxygens (including phenoxy) is 2. The van der Waals surface area contributed by atoms with Crippen LogP contribution in [0.5, 0.6) is 5.75 Å². The molecule has 0 aromatic heterocycles. The molecule has 4 nitrogen and oxygen atoms in total. The van der Waals surface area contributed by atoms with E-state index in [9.17, 15) is 4.79 Å². The smallest absolute Gasteiger partial charge is 0.309 e. The van der Waals surface area contributed by atoms with Crippen LogP contribution >= 0.6 is 0 Å². The highest BCUT2D eigenvalue weighted by Gasteiger charge is 2.27. The van der Waals surface area contributed by atoms with Crippen molar-refractivity contribution in [3.63, 3.8) is 0 Å². The fourth-order valence-electron chi connectivity index (χ4n) is 1.84. The summed E-state index contributed by atoms with van der Waals surface area (Å²) >= 11 is 0. The number of aliphatic carboxylic acids is 1. The van der Waals surface area contributed by atoms with Crippen molar-refractivity contribution in [2.45, 2.75) is 26.9 Å². The van der Waals surface area contributed by atoms with Crippen molar-refractivity contribution < 1.29 is 19.4 Å². The molecule has 1 aromatic rings. The summed E-state index contributed by atoms with van der Waals surface area (Å²) in [4.78, 5) is 11.1. The number of hydrogen-bond donors (Lipinski definition) is 1. The highest BCUT2D eigenvalue weighted by atomic mass is 16.7. The Kier molecular flexibility index (Phi) is 3.07. The minimum atomic E-state index is -0.789. The Balaban J connectivity index is 2.20. The molecule has 1 aromatic carbocycles. The van der Waals surface area contributed by atoms with Gasteiger partial charge in [-0.1, -0.05) is 6.07 Å². The van der Waals surface area contributed by atoms with E-state index >= 15 is 0 Å². The SMILES string of the molecule is CC(C)(Cc1ccc2c(c1)COCO2)C(=O)O. The normalized spacial score (nSPS) is 14.9. The Morgan fingerprint density at radius 1 is 1.47 bits per heavy atom. The molecule has 0 radical (unpaired) electrons. The number of hydrogen-bond acceptors (Lipinski definition) is 3. The molecule has 0 atom stereocenters. The summed E-state index contributed by atoms with van der Waals surface area (Å²) in [5, 5.41) is 9.09. The molecule has 1 aliphatic heterocycles. The van der Waals surface area contributed by atoms with Gasteiger partial charge in [-0.3, -0.25) is 4.79 Å². The van der Waals surface area contributed by atoms with Crippen LogP contribution in [0.2, 0.25) is 0 Å². The van der Waals surface area contributed by atoms with Crippen LogP contribution in [0.1, 0.15) is 25.0 Å². The third-order valence-electron chi connectivity index (χ3n) is 2.91. The minimum Gasteiger partial charge on any atom is -0.481 e. The number of fused-ring (bicyclic) bond motifs is 1. The van der Waals surface area contributed by atoms with Gasteiger partial charge in [-0.2, -0.15) is 0 Å². The number of carboxylic acid groups (broad SMARTS) is 1. The Morgan fingerprint density at radius 3 is 2.94 bits per heavy atom. The Labute approximate surface area is 100 Å². The summed E-state index contributed by atoms with van der Waals surface area (Å²) < 4.78 is 10.5.